The zero-order valence-corrected chi connectivity index (χ0v) is 13.4. The second-order valence-corrected chi connectivity index (χ2v) is 5.75. The summed E-state index contributed by atoms with van der Waals surface area (Å²) in [6, 6.07) is 19.0. The first-order valence-corrected chi connectivity index (χ1v) is 7.98. The monoisotopic (exact) mass is 307 g/mol. The number of rotatable bonds is 2. The highest BCUT2D eigenvalue weighted by Crippen LogP contribution is 2.44. The lowest BCUT2D eigenvalue weighted by molar-refractivity contribution is 1.32. The topological polar surface area (TPSA) is 12.9 Å². The number of hydrogen-bond donors (Lipinski definition) is 0. The van der Waals surface area contributed by atoms with Gasteiger partial charge in [-0.25, -0.2) is 0 Å². The third kappa shape index (κ3) is 2.06. The van der Waals surface area contributed by atoms with Crippen LogP contribution in [0.25, 0.3) is 33.4 Å². The fourth-order valence-corrected chi connectivity index (χ4v) is 3.48. The van der Waals surface area contributed by atoms with Crippen molar-refractivity contribution in [1.29, 1.82) is 0 Å². The molecule has 4 rings (SSSR count). The van der Waals surface area contributed by atoms with Crippen molar-refractivity contribution in [3.8, 4) is 22.3 Å². The Bertz CT molecular complexity index is 912. The second-order valence-electron chi connectivity index (χ2n) is 5.75. The van der Waals surface area contributed by atoms with Crippen molar-refractivity contribution in [2.75, 3.05) is 0 Å². The zero-order valence-electron chi connectivity index (χ0n) is 13.4. The number of fused-ring (bicyclic) bond motifs is 5. The molecule has 1 nitrogen and oxygen atoms in total. The Morgan fingerprint density at radius 1 is 0.583 bits per heavy atom. The molecule has 1 heterocycles. The minimum Gasteiger partial charge on any atom is -0.264 e. The van der Waals surface area contributed by atoms with Crippen LogP contribution in [0, 0.1) is 0 Å². The van der Waals surface area contributed by atoms with Crippen molar-refractivity contribution in [2.24, 2.45) is 0 Å². The number of allylic oxidation sites excluding steroid dienone is 4. The van der Waals surface area contributed by atoms with E-state index >= 15 is 0 Å². The molecule has 24 heavy (non-hydrogen) atoms. The first-order chi connectivity index (χ1) is 11.8. The molecule has 114 valence electrons. The van der Waals surface area contributed by atoms with Crippen LogP contribution in [0.4, 0.5) is 0 Å². The summed E-state index contributed by atoms with van der Waals surface area (Å²) in [6.45, 7) is 8.13. The molecule has 1 aromatic heterocycles. The lowest BCUT2D eigenvalue weighted by Crippen LogP contribution is -1.99. The van der Waals surface area contributed by atoms with Crippen LogP contribution in [-0.2, 0) is 0 Å². The molecule has 0 saturated heterocycles. The largest absolute Gasteiger partial charge is 0.264 e. The number of aromatic nitrogens is 1. The average molecular weight is 307 g/mol. The van der Waals surface area contributed by atoms with Gasteiger partial charge in [0.2, 0.25) is 0 Å². The summed E-state index contributed by atoms with van der Waals surface area (Å²) in [4.78, 5) is 4.37. The van der Waals surface area contributed by atoms with Gasteiger partial charge in [0.25, 0.3) is 0 Å². The predicted molar refractivity (Wildman–Crippen MR) is 102 cm³/mol. The van der Waals surface area contributed by atoms with E-state index in [2.05, 4.69) is 72.7 Å². The molecule has 0 spiro atoms. The van der Waals surface area contributed by atoms with Crippen LogP contribution in [0.2, 0.25) is 0 Å². The SMILES string of the molecule is C=C/C1=C(\C=C)c2ccccc2-c2cnccc2-c2ccccc21. The standard InChI is InChI=1S/C23H17N/c1-3-16-17(4-2)19-10-6-8-12-21(19)23-15-24-14-13-22(23)20-11-7-5-9-18(16)20/h3-15H,1-2H2/b17-16-,18-16?,19-17?,22-20?,23-21?. The molecule has 0 saturated carbocycles. The molecule has 0 unspecified atom stereocenters. The van der Waals surface area contributed by atoms with Gasteiger partial charge in [-0.05, 0) is 45.0 Å². The van der Waals surface area contributed by atoms with Gasteiger partial charge in [0.05, 0.1) is 0 Å². The van der Waals surface area contributed by atoms with Crippen LogP contribution >= 0.6 is 0 Å². The minimum absolute atomic E-state index is 1.10. The number of nitrogens with zero attached hydrogens (tertiary/aromatic N) is 1. The van der Waals surface area contributed by atoms with Gasteiger partial charge in [0.15, 0.2) is 0 Å². The quantitative estimate of drug-likeness (QED) is 0.565. The summed E-state index contributed by atoms with van der Waals surface area (Å²) >= 11 is 0. The maximum Gasteiger partial charge on any atom is 0.0352 e. The first-order valence-electron chi connectivity index (χ1n) is 7.98. The molecule has 0 radical (unpaired) electrons. The van der Waals surface area contributed by atoms with E-state index in [1.165, 1.54) is 22.3 Å². The highest BCUT2D eigenvalue weighted by atomic mass is 14.6. The van der Waals surface area contributed by atoms with Crippen molar-refractivity contribution in [2.45, 2.75) is 0 Å². The molecular weight excluding hydrogens is 290 g/mol. The molecule has 0 bridgehead atoms. The van der Waals surface area contributed by atoms with Crippen LogP contribution in [0.15, 0.2) is 92.3 Å². The molecule has 0 aliphatic heterocycles. The van der Waals surface area contributed by atoms with E-state index in [0.717, 1.165) is 22.3 Å². The fraction of sp³-hybridized carbons (Fsp3) is 0. The number of benzene rings is 2. The van der Waals surface area contributed by atoms with E-state index in [9.17, 15) is 0 Å². The zero-order chi connectivity index (χ0) is 16.5. The Hall–Kier alpha value is -3.19. The predicted octanol–water partition coefficient (Wildman–Crippen LogP) is 6.01. The van der Waals surface area contributed by atoms with Gasteiger partial charge in [0, 0.05) is 18.0 Å². The molecule has 1 aliphatic carbocycles. The van der Waals surface area contributed by atoms with Gasteiger partial charge < -0.3 is 0 Å². The molecule has 0 fully saturated rings. The van der Waals surface area contributed by atoms with Crippen LogP contribution in [0.3, 0.4) is 0 Å². The fourth-order valence-electron chi connectivity index (χ4n) is 3.48. The van der Waals surface area contributed by atoms with Crippen molar-refractivity contribution in [3.05, 3.63) is 103 Å². The van der Waals surface area contributed by atoms with Crippen molar-refractivity contribution in [3.63, 3.8) is 0 Å². The van der Waals surface area contributed by atoms with Crippen molar-refractivity contribution in [1.82, 2.24) is 4.98 Å². The van der Waals surface area contributed by atoms with E-state index < -0.39 is 0 Å². The maximum absolute atomic E-state index is 4.37. The molecule has 3 aromatic rings. The van der Waals surface area contributed by atoms with E-state index in [1.54, 1.807) is 0 Å². The summed E-state index contributed by atoms with van der Waals surface area (Å²) in [5.41, 5.74) is 9.23. The van der Waals surface area contributed by atoms with E-state index in [1.807, 2.05) is 24.5 Å². The summed E-state index contributed by atoms with van der Waals surface area (Å²) < 4.78 is 0. The average Bonchev–Trinajstić information content (AvgIpc) is 2.65. The maximum atomic E-state index is 4.37. The van der Waals surface area contributed by atoms with Gasteiger partial charge in [-0.15, -0.1) is 0 Å². The van der Waals surface area contributed by atoms with Gasteiger partial charge in [-0.3, -0.25) is 4.98 Å². The van der Waals surface area contributed by atoms with E-state index in [4.69, 9.17) is 0 Å². The van der Waals surface area contributed by atoms with Crippen molar-refractivity contribution < 1.29 is 0 Å². The Balaban J connectivity index is 2.24. The summed E-state index contributed by atoms with van der Waals surface area (Å²) in [7, 11) is 0. The van der Waals surface area contributed by atoms with Crippen molar-refractivity contribution >= 4 is 11.1 Å². The molecular formula is C23H17N. The first kappa shape index (κ1) is 14.4. The molecule has 0 atom stereocenters. The highest BCUT2D eigenvalue weighted by Gasteiger charge is 2.20. The lowest BCUT2D eigenvalue weighted by Gasteiger charge is -2.22. The summed E-state index contributed by atoms with van der Waals surface area (Å²) in [6.07, 6.45) is 7.66. The third-order valence-electron chi connectivity index (χ3n) is 4.53. The summed E-state index contributed by atoms with van der Waals surface area (Å²) in [5, 5.41) is 0. The van der Waals surface area contributed by atoms with Gasteiger partial charge in [0.1, 0.15) is 0 Å². The van der Waals surface area contributed by atoms with Gasteiger partial charge in [-0.2, -0.15) is 0 Å². The Labute approximate surface area is 142 Å². The van der Waals surface area contributed by atoms with E-state index in [0.29, 0.717) is 0 Å². The van der Waals surface area contributed by atoms with Gasteiger partial charge >= 0.3 is 0 Å². The Morgan fingerprint density at radius 3 is 1.58 bits per heavy atom. The minimum atomic E-state index is 1.10. The Kier molecular flexibility index (Phi) is 3.47. The third-order valence-corrected chi connectivity index (χ3v) is 4.53. The van der Waals surface area contributed by atoms with E-state index in [-0.39, 0.29) is 0 Å². The second kappa shape index (κ2) is 5.78. The molecule has 2 aromatic carbocycles. The molecule has 0 amide bonds. The molecule has 1 aliphatic rings. The van der Waals surface area contributed by atoms with Crippen LogP contribution in [-0.4, -0.2) is 4.98 Å². The molecule has 0 N–H and O–H groups in total. The summed E-state index contributed by atoms with van der Waals surface area (Å²) in [5.74, 6) is 0. The van der Waals surface area contributed by atoms with Gasteiger partial charge in [-0.1, -0.05) is 73.8 Å². The molecule has 1 heteroatoms. The number of hydrogen-bond acceptors (Lipinski definition) is 1. The van der Waals surface area contributed by atoms with Crippen LogP contribution in [0.5, 0.6) is 0 Å². The highest BCUT2D eigenvalue weighted by molar-refractivity contribution is 6.08. The lowest BCUT2D eigenvalue weighted by atomic mass is 9.81. The van der Waals surface area contributed by atoms with Crippen LogP contribution in [0.1, 0.15) is 11.1 Å². The van der Waals surface area contributed by atoms with Crippen LogP contribution < -0.4 is 0 Å². The smallest absolute Gasteiger partial charge is 0.0352 e. The Morgan fingerprint density at radius 2 is 1.04 bits per heavy atom. The normalized spacial score (nSPS) is 15.3. The number of pyridine rings is 1.